The van der Waals surface area contributed by atoms with Gasteiger partial charge < -0.3 is 9.05 Å². The topological polar surface area (TPSA) is 18.5 Å². The largest absolute Gasteiger partial charge is 0.450 e. The predicted octanol–water partition coefficient (Wildman–Crippen LogP) is 5.18. The Hall–Kier alpha value is -1.37. The highest BCUT2D eigenvalue weighted by Crippen LogP contribution is 2.32. The third-order valence-electron chi connectivity index (χ3n) is 3.31. The van der Waals surface area contributed by atoms with Gasteiger partial charge in [-0.2, -0.15) is 0 Å². The van der Waals surface area contributed by atoms with E-state index in [-0.39, 0.29) is 21.9 Å². The van der Waals surface area contributed by atoms with E-state index in [1.165, 1.54) is 11.1 Å². The molecule has 20 heavy (non-hydrogen) atoms. The molecule has 0 saturated heterocycles. The highest BCUT2D eigenvalue weighted by Gasteiger charge is 2.22. The summed E-state index contributed by atoms with van der Waals surface area (Å²) in [6.45, 7) is 4.46. The van der Waals surface area contributed by atoms with E-state index < -0.39 is 0 Å². The van der Waals surface area contributed by atoms with E-state index in [1.54, 1.807) is 7.11 Å². The third kappa shape index (κ3) is 3.82. The molecule has 1 atom stereocenters. The highest BCUT2D eigenvalue weighted by atomic mass is 31.1. The summed E-state index contributed by atoms with van der Waals surface area (Å²) >= 11 is 0. The summed E-state index contributed by atoms with van der Waals surface area (Å²) < 4.78 is 10.4. The van der Waals surface area contributed by atoms with Gasteiger partial charge in [0.05, 0.1) is 0 Å². The molecule has 0 spiro atoms. The zero-order valence-corrected chi connectivity index (χ0v) is 12.5. The molecule has 2 nitrogen and oxygen atoms in total. The van der Waals surface area contributed by atoms with Gasteiger partial charge in [0.25, 0.3) is 0 Å². The molecule has 0 bridgehead atoms. The van der Waals surface area contributed by atoms with Crippen LogP contribution in [0.4, 0.5) is 0 Å². The fraction of sp³-hybridized carbons (Fsp3) is 0.294. The van der Waals surface area contributed by atoms with E-state index in [2.05, 4.69) is 50.2 Å². The van der Waals surface area contributed by atoms with Gasteiger partial charge in [0.2, 0.25) is 9.03 Å². The molecule has 0 heterocycles. The van der Waals surface area contributed by atoms with E-state index in [0.717, 1.165) is 5.75 Å². The van der Waals surface area contributed by atoms with Crippen LogP contribution in [0.15, 0.2) is 54.6 Å². The predicted molar refractivity (Wildman–Crippen MR) is 87.7 cm³/mol. The molecule has 3 heteroatoms. The fourth-order valence-electron chi connectivity index (χ4n) is 2.05. The molecule has 0 saturated carbocycles. The van der Waals surface area contributed by atoms with Gasteiger partial charge >= 0.3 is 0 Å². The van der Waals surface area contributed by atoms with Crippen LogP contribution >= 0.6 is 9.03 Å². The van der Waals surface area contributed by atoms with Crippen molar-refractivity contribution in [2.45, 2.75) is 26.7 Å². The SMILES string of the molecule is C.COPOc1ccc(C(C)(C)c2ccccc2)cc1. The minimum atomic E-state index is -0.0106. The Bertz CT molecular complexity index is 506. The number of hydrogen-bond acceptors (Lipinski definition) is 2. The lowest BCUT2D eigenvalue weighted by molar-refractivity contribution is 0.417. The van der Waals surface area contributed by atoms with Crippen molar-refractivity contribution in [3.05, 3.63) is 65.7 Å². The molecule has 0 aliphatic rings. The molecule has 0 aromatic heterocycles. The number of hydrogen-bond donors (Lipinski definition) is 0. The lowest BCUT2D eigenvalue weighted by atomic mass is 9.78. The van der Waals surface area contributed by atoms with Crippen molar-refractivity contribution in [3.8, 4) is 5.75 Å². The summed E-state index contributed by atoms with van der Waals surface area (Å²) in [4.78, 5) is 0. The van der Waals surface area contributed by atoms with E-state index in [4.69, 9.17) is 9.05 Å². The summed E-state index contributed by atoms with van der Waals surface area (Å²) in [5.74, 6) is 0.841. The minimum absolute atomic E-state index is 0. The molecular weight excluding hydrogens is 267 g/mol. The van der Waals surface area contributed by atoms with E-state index in [0.29, 0.717) is 0 Å². The van der Waals surface area contributed by atoms with Crippen LogP contribution in [0.1, 0.15) is 32.4 Å². The second kappa shape index (κ2) is 7.42. The molecule has 0 fully saturated rings. The van der Waals surface area contributed by atoms with Crippen LogP contribution in [-0.4, -0.2) is 7.11 Å². The Morgan fingerprint density at radius 3 is 1.95 bits per heavy atom. The summed E-state index contributed by atoms with van der Waals surface area (Å²) in [6.07, 6.45) is 0. The minimum Gasteiger partial charge on any atom is -0.450 e. The van der Waals surface area contributed by atoms with Crippen molar-refractivity contribution < 1.29 is 9.05 Å². The molecule has 0 radical (unpaired) electrons. The smallest absolute Gasteiger partial charge is 0.215 e. The van der Waals surface area contributed by atoms with Gasteiger partial charge in [0.1, 0.15) is 5.75 Å². The first-order valence-corrected chi connectivity index (χ1v) is 7.07. The van der Waals surface area contributed by atoms with E-state index >= 15 is 0 Å². The van der Waals surface area contributed by atoms with Gasteiger partial charge in [-0.3, -0.25) is 0 Å². The van der Waals surface area contributed by atoms with Gasteiger partial charge in [-0.15, -0.1) is 0 Å². The summed E-state index contributed by atoms with van der Waals surface area (Å²) in [5.41, 5.74) is 2.57. The Morgan fingerprint density at radius 1 is 0.850 bits per heavy atom. The molecule has 0 amide bonds. The van der Waals surface area contributed by atoms with Gasteiger partial charge in [-0.25, -0.2) is 0 Å². The monoisotopic (exact) mass is 290 g/mol. The Morgan fingerprint density at radius 2 is 1.40 bits per heavy atom. The Labute approximate surface area is 124 Å². The highest BCUT2D eigenvalue weighted by molar-refractivity contribution is 7.26. The molecule has 108 valence electrons. The standard InChI is InChI=1S/C16H19O2P.CH4/c1-16(2,13-7-5-4-6-8-13)14-9-11-15(12-10-14)18-19-17-3;/h4-12,19H,1-3H3;1H4. The lowest BCUT2D eigenvalue weighted by Gasteiger charge is -2.26. The second-order valence-electron chi connectivity index (χ2n) is 4.90. The fourth-order valence-corrected chi connectivity index (χ4v) is 2.37. The Kier molecular flexibility index (Phi) is 6.19. The second-order valence-corrected chi connectivity index (χ2v) is 5.68. The molecule has 2 aromatic rings. The maximum atomic E-state index is 5.43. The summed E-state index contributed by atoms with van der Waals surface area (Å²) in [5, 5.41) is 0. The first-order valence-electron chi connectivity index (χ1n) is 6.25. The number of benzene rings is 2. The van der Waals surface area contributed by atoms with Gasteiger partial charge in [0, 0.05) is 12.5 Å². The maximum Gasteiger partial charge on any atom is 0.215 e. The third-order valence-corrected chi connectivity index (χ3v) is 3.80. The van der Waals surface area contributed by atoms with Gasteiger partial charge in [0.15, 0.2) is 0 Å². The molecule has 2 aromatic carbocycles. The molecule has 1 unspecified atom stereocenters. The van der Waals surface area contributed by atoms with Crippen molar-refractivity contribution in [2.24, 2.45) is 0 Å². The molecule has 2 rings (SSSR count). The van der Waals surface area contributed by atoms with Crippen molar-refractivity contribution in [1.82, 2.24) is 0 Å². The van der Waals surface area contributed by atoms with Gasteiger partial charge in [-0.1, -0.05) is 63.7 Å². The average Bonchev–Trinajstić information content (AvgIpc) is 2.46. The summed E-state index contributed by atoms with van der Waals surface area (Å²) in [6, 6.07) is 18.7. The first kappa shape index (κ1) is 16.7. The molecule has 0 N–H and O–H groups in total. The quantitative estimate of drug-likeness (QED) is 0.706. The van der Waals surface area contributed by atoms with Crippen LogP contribution in [0.3, 0.4) is 0 Å². The van der Waals surface area contributed by atoms with Crippen molar-refractivity contribution >= 4 is 9.03 Å². The zero-order valence-electron chi connectivity index (χ0n) is 11.5. The zero-order chi connectivity index (χ0) is 13.7. The van der Waals surface area contributed by atoms with Crippen LogP contribution in [0, 0.1) is 0 Å². The van der Waals surface area contributed by atoms with Crippen molar-refractivity contribution in [3.63, 3.8) is 0 Å². The molecular formula is C17H23O2P. The van der Waals surface area contributed by atoms with Crippen LogP contribution in [0.2, 0.25) is 0 Å². The van der Waals surface area contributed by atoms with Crippen LogP contribution in [0.25, 0.3) is 0 Å². The normalized spacial score (nSPS) is 11.3. The van der Waals surface area contributed by atoms with Crippen molar-refractivity contribution in [1.29, 1.82) is 0 Å². The Balaban J connectivity index is 0.00000200. The number of rotatable bonds is 5. The summed E-state index contributed by atoms with van der Waals surface area (Å²) in [7, 11) is 1.68. The van der Waals surface area contributed by atoms with Crippen LogP contribution < -0.4 is 4.52 Å². The molecule has 0 aliphatic carbocycles. The average molecular weight is 290 g/mol. The van der Waals surface area contributed by atoms with Crippen molar-refractivity contribution in [2.75, 3.05) is 7.11 Å². The van der Waals surface area contributed by atoms with Crippen LogP contribution in [-0.2, 0) is 9.94 Å². The van der Waals surface area contributed by atoms with E-state index in [1.807, 2.05) is 18.2 Å². The lowest BCUT2D eigenvalue weighted by Crippen LogP contribution is -2.18. The van der Waals surface area contributed by atoms with Crippen LogP contribution in [0.5, 0.6) is 5.75 Å². The van der Waals surface area contributed by atoms with E-state index in [9.17, 15) is 0 Å². The molecule has 0 aliphatic heterocycles. The van der Waals surface area contributed by atoms with Gasteiger partial charge in [-0.05, 0) is 23.3 Å². The first-order chi connectivity index (χ1) is 9.14. The maximum absolute atomic E-state index is 5.43.